The van der Waals surface area contributed by atoms with Gasteiger partial charge in [-0.15, -0.1) is 0 Å². The van der Waals surface area contributed by atoms with Gasteiger partial charge in [0, 0.05) is 19.1 Å². The van der Waals surface area contributed by atoms with Crippen LogP contribution < -0.4 is 5.73 Å². The van der Waals surface area contributed by atoms with Gasteiger partial charge < -0.3 is 10.2 Å². The first-order valence-corrected chi connectivity index (χ1v) is 4.62. The highest BCUT2D eigenvalue weighted by atomic mass is 16.3. The zero-order valence-electron chi connectivity index (χ0n) is 7.86. The minimum atomic E-state index is 0.336. The summed E-state index contributed by atoms with van der Waals surface area (Å²) in [4.78, 5) is 6.36. The molecule has 1 aliphatic rings. The quantitative estimate of drug-likeness (QED) is 0.722. The molecule has 1 fully saturated rings. The van der Waals surface area contributed by atoms with E-state index in [9.17, 15) is 0 Å². The molecule has 1 aliphatic heterocycles. The molecule has 2 N–H and O–H groups in total. The lowest BCUT2D eigenvalue weighted by Crippen LogP contribution is -2.26. The van der Waals surface area contributed by atoms with Gasteiger partial charge >= 0.3 is 0 Å². The zero-order valence-corrected chi connectivity index (χ0v) is 7.86. The first kappa shape index (κ1) is 8.72. The summed E-state index contributed by atoms with van der Waals surface area (Å²) >= 11 is 0. The fourth-order valence-electron chi connectivity index (χ4n) is 1.69. The first-order chi connectivity index (χ1) is 6.25. The van der Waals surface area contributed by atoms with Crippen molar-refractivity contribution in [2.75, 3.05) is 13.1 Å². The molecule has 1 atom stereocenters. The summed E-state index contributed by atoms with van der Waals surface area (Å²) in [6.07, 6.45) is 2.59. The van der Waals surface area contributed by atoms with Crippen molar-refractivity contribution in [3.8, 4) is 0 Å². The molecule has 4 heteroatoms. The molecule has 1 saturated heterocycles. The highest BCUT2D eigenvalue weighted by molar-refractivity contribution is 5.04. The maximum absolute atomic E-state index is 5.80. The fraction of sp³-hybridized carbons (Fsp3) is 0.667. The second-order valence-corrected chi connectivity index (χ2v) is 3.64. The van der Waals surface area contributed by atoms with Crippen LogP contribution in [0.1, 0.15) is 17.9 Å². The molecule has 2 heterocycles. The van der Waals surface area contributed by atoms with Gasteiger partial charge in [0.25, 0.3) is 0 Å². The number of hydrogen-bond acceptors (Lipinski definition) is 4. The molecule has 2 rings (SSSR count). The summed E-state index contributed by atoms with van der Waals surface area (Å²) in [5.74, 6) is 0.967. The second kappa shape index (κ2) is 3.47. The Balaban J connectivity index is 1.95. The molecule has 0 bridgehead atoms. The van der Waals surface area contributed by atoms with E-state index in [1.165, 1.54) is 6.39 Å². The van der Waals surface area contributed by atoms with Gasteiger partial charge in [-0.25, -0.2) is 4.98 Å². The van der Waals surface area contributed by atoms with Crippen molar-refractivity contribution < 1.29 is 4.42 Å². The number of nitrogens with zero attached hydrogens (tertiary/aromatic N) is 2. The van der Waals surface area contributed by atoms with Crippen LogP contribution in [0.3, 0.4) is 0 Å². The summed E-state index contributed by atoms with van der Waals surface area (Å²) in [5, 5.41) is 0. The van der Waals surface area contributed by atoms with E-state index >= 15 is 0 Å². The Morgan fingerprint density at radius 2 is 2.62 bits per heavy atom. The first-order valence-electron chi connectivity index (χ1n) is 4.62. The van der Waals surface area contributed by atoms with Crippen LogP contribution in [0.2, 0.25) is 0 Å². The van der Waals surface area contributed by atoms with Crippen molar-refractivity contribution >= 4 is 0 Å². The van der Waals surface area contributed by atoms with Gasteiger partial charge in [0.2, 0.25) is 0 Å². The van der Waals surface area contributed by atoms with Crippen LogP contribution in [0.4, 0.5) is 0 Å². The Kier molecular flexibility index (Phi) is 2.33. The molecule has 4 nitrogen and oxygen atoms in total. The van der Waals surface area contributed by atoms with Crippen LogP contribution in [0.5, 0.6) is 0 Å². The monoisotopic (exact) mass is 181 g/mol. The summed E-state index contributed by atoms with van der Waals surface area (Å²) in [6.45, 7) is 4.86. The standard InChI is InChI=1S/C9H15N3O/c1-7-9(13-6-11-7)5-12-3-2-8(10)4-12/h6,8H,2-5,10H2,1H3. The van der Waals surface area contributed by atoms with E-state index in [1.54, 1.807) is 0 Å². The molecule has 0 saturated carbocycles. The third-order valence-corrected chi connectivity index (χ3v) is 2.52. The van der Waals surface area contributed by atoms with Crippen LogP contribution in [-0.4, -0.2) is 29.0 Å². The lowest BCUT2D eigenvalue weighted by Gasteiger charge is -2.12. The highest BCUT2D eigenvalue weighted by Gasteiger charge is 2.20. The summed E-state index contributed by atoms with van der Waals surface area (Å²) in [7, 11) is 0. The van der Waals surface area contributed by atoms with Gasteiger partial charge in [-0.05, 0) is 13.3 Å². The zero-order chi connectivity index (χ0) is 9.26. The average molecular weight is 181 g/mol. The number of oxazole rings is 1. The summed E-state index contributed by atoms with van der Waals surface area (Å²) in [6, 6.07) is 0.336. The van der Waals surface area contributed by atoms with Crippen LogP contribution in [0.15, 0.2) is 10.8 Å². The van der Waals surface area contributed by atoms with Crippen LogP contribution >= 0.6 is 0 Å². The van der Waals surface area contributed by atoms with Crippen molar-refractivity contribution in [1.82, 2.24) is 9.88 Å². The Labute approximate surface area is 77.7 Å². The van der Waals surface area contributed by atoms with Crippen molar-refractivity contribution in [3.63, 3.8) is 0 Å². The predicted molar refractivity (Wildman–Crippen MR) is 49.1 cm³/mol. The largest absolute Gasteiger partial charge is 0.447 e. The van der Waals surface area contributed by atoms with Crippen LogP contribution in [-0.2, 0) is 6.54 Å². The smallest absolute Gasteiger partial charge is 0.181 e. The van der Waals surface area contributed by atoms with E-state index in [0.29, 0.717) is 6.04 Å². The van der Waals surface area contributed by atoms with Crippen molar-refractivity contribution in [1.29, 1.82) is 0 Å². The SMILES string of the molecule is Cc1ncoc1CN1CCC(N)C1. The van der Waals surface area contributed by atoms with Gasteiger partial charge in [0.05, 0.1) is 12.2 Å². The summed E-state index contributed by atoms with van der Waals surface area (Å²) in [5.41, 5.74) is 6.79. The Morgan fingerprint density at radius 1 is 1.77 bits per heavy atom. The molecule has 1 aromatic heterocycles. The Hall–Kier alpha value is -0.870. The number of aryl methyl sites for hydroxylation is 1. The van der Waals surface area contributed by atoms with Crippen molar-refractivity contribution in [2.24, 2.45) is 5.73 Å². The maximum Gasteiger partial charge on any atom is 0.181 e. The molecule has 0 aliphatic carbocycles. The predicted octanol–water partition coefficient (Wildman–Crippen LogP) is 0.516. The molecule has 72 valence electrons. The van der Waals surface area contributed by atoms with Gasteiger partial charge in [-0.2, -0.15) is 0 Å². The van der Waals surface area contributed by atoms with Gasteiger partial charge in [-0.3, -0.25) is 4.90 Å². The summed E-state index contributed by atoms with van der Waals surface area (Å²) < 4.78 is 5.27. The third kappa shape index (κ3) is 1.89. The topological polar surface area (TPSA) is 55.3 Å². The molecular formula is C9H15N3O. The number of aromatic nitrogens is 1. The van der Waals surface area contributed by atoms with Gasteiger partial charge in [-0.1, -0.05) is 0 Å². The molecule has 0 amide bonds. The second-order valence-electron chi connectivity index (χ2n) is 3.64. The minimum Gasteiger partial charge on any atom is -0.447 e. The highest BCUT2D eigenvalue weighted by Crippen LogP contribution is 2.13. The van der Waals surface area contributed by atoms with E-state index in [-0.39, 0.29) is 0 Å². The van der Waals surface area contributed by atoms with Gasteiger partial charge in [0.15, 0.2) is 6.39 Å². The lowest BCUT2D eigenvalue weighted by molar-refractivity contribution is 0.293. The van der Waals surface area contributed by atoms with Crippen LogP contribution in [0, 0.1) is 6.92 Å². The third-order valence-electron chi connectivity index (χ3n) is 2.52. The molecule has 0 spiro atoms. The molecule has 1 unspecified atom stereocenters. The van der Waals surface area contributed by atoms with Crippen LogP contribution in [0.25, 0.3) is 0 Å². The number of hydrogen-bond donors (Lipinski definition) is 1. The van der Waals surface area contributed by atoms with Gasteiger partial charge in [0.1, 0.15) is 5.76 Å². The van der Waals surface area contributed by atoms with E-state index in [1.807, 2.05) is 6.92 Å². The fourth-order valence-corrected chi connectivity index (χ4v) is 1.69. The Bertz CT molecular complexity index is 284. The van der Waals surface area contributed by atoms with E-state index in [2.05, 4.69) is 9.88 Å². The minimum absolute atomic E-state index is 0.336. The van der Waals surface area contributed by atoms with Crippen molar-refractivity contribution in [2.45, 2.75) is 25.9 Å². The molecule has 0 aromatic carbocycles. The van der Waals surface area contributed by atoms with Crippen molar-refractivity contribution in [3.05, 3.63) is 17.8 Å². The lowest BCUT2D eigenvalue weighted by atomic mass is 10.3. The Morgan fingerprint density at radius 3 is 3.15 bits per heavy atom. The average Bonchev–Trinajstić information content (AvgIpc) is 2.64. The molecular weight excluding hydrogens is 166 g/mol. The number of likely N-dealkylation sites (tertiary alicyclic amines) is 1. The normalized spacial score (nSPS) is 24.0. The van der Waals surface area contributed by atoms with E-state index < -0.39 is 0 Å². The number of rotatable bonds is 2. The maximum atomic E-state index is 5.80. The van der Waals surface area contributed by atoms with E-state index in [4.69, 9.17) is 10.2 Å². The molecule has 1 aromatic rings. The molecule has 0 radical (unpaired) electrons. The van der Waals surface area contributed by atoms with E-state index in [0.717, 1.165) is 37.5 Å². The number of nitrogens with two attached hydrogens (primary N) is 1. The molecule has 13 heavy (non-hydrogen) atoms.